The van der Waals surface area contributed by atoms with Crippen molar-refractivity contribution in [3.63, 3.8) is 0 Å². The standard InChI is InChI=1S/C27H32O14/c28-6-9-4-11-16(26-24(37)22(35)19(32)14(7-29)39-26)10-2-1-3-13(18(10)21(34)17(11)12(31)5-9)40-27-25(38)23(36)20(33)15(8-30)41-27/h1-5,14-16,19-20,22-33,35-38H,6-8H2/t14-,15-,16-,19-,20-,22+,23+,24-,25-,26+,27-/m1/s1. The van der Waals surface area contributed by atoms with E-state index in [1.807, 2.05) is 0 Å². The van der Waals surface area contributed by atoms with E-state index in [1.54, 1.807) is 0 Å². The second-order valence-corrected chi connectivity index (χ2v) is 10.4. The number of phenols is 1. The first-order valence-electron chi connectivity index (χ1n) is 13.0. The quantitative estimate of drug-likeness (QED) is 0.160. The minimum Gasteiger partial charge on any atom is -0.507 e. The molecule has 11 atom stereocenters. The number of aliphatic hydroxyl groups excluding tert-OH is 9. The maximum absolute atomic E-state index is 13.9. The van der Waals surface area contributed by atoms with E-state index >= 15 is 0 Å². The van der Waals surface area contributed by atoms with Crippen LogP contribution in [0.1, 0.15) is 38.5 Å². The number of phenolic OH excluding ortho intramolecular Hbond substituents is 1. The predicted molar refractivity (Wildman–Crippen MR) is 134 cm³/mol. The minimum atomic E-state index is -1.80. The fraction of sp³-hybridized carbons (Fsp3) is 0.519. The Balaban J connectivity index is 1.65. The molecule has 0 aromatic heterocycles. The molecule has 0 spiro atoms. The summed E-state index contributed by atoms with van der Waals surface area (Å²) in [5, 5.41) is 103. The molecule has 10 N–H and O–H groups in total. The molecule has 5 rings (SSSR count). The molecule has 2 aromatic rings. The molecule has 3 aliphatic rings. The molecular formula is C27H32O14. The molecule has 14 nitrogen and oxygen atoms in total. The van der Waals surface area contributed by atoms with Crippen LogP contribution in [0, 0.1) is 0 Å². The van der Waals surface area contributed by atoms with E-state index in [0.717, 1.165) is 0 Å². The topological polar surface area (TPSA) is 247 Å². The third-order valence-corrected chi connectivity index (χ3v) is 7.92. The Morgan fingerprint density at radius 1 is 0.732 bits per heavy atom. The van der Waals surface area contributed by atoms with Crippen LogP contribution in [-0.2, 0) is 16.1 Å². The summed E-state index contributed by atoms with van der Waals surface area (Å²) in [6, 6.07) is 6.89. The van der Waals surface area contributed by atoms with Crippen molar-refractivity contribution in [3.8, 4) is 11.5 Å². The first kappa shape index (κ1) is 29.8. The lowest BCUT2D eigenvalue weighted by Crippen LogP contribution is -2.60. The van der Waals surface area contributed by atoms with Gasteiger partial charge in [-0.3, -0.25) is 4.79 Å². The van der Waals surface area contributed by atoms with Gasteiger partial charge in [-0.25, -0.2) is 0 Å². The molecule has 2 saturated heterocycles. The molecule has 2 aromatic carbocycles. The van der Waals surface area contributed by atoms with Gasteiger partial charge in [-0.1, -0.05) is 18.2 Å². The molecule has 0 radical (unpaired) electrons. The first-order valence-corrected chi connectivity index (χ1v) is 13.0. The van der Waals surface area contributed by atoms with Gasteiger partial charge in [0.2, 0.25) is 12.1 Å². The molecule has 0 amide bonds. The summed E-state index contributed by atoms with van der Waals surface area (Å²) in [4.78, 5) is 13.9. The van der Waals surface area contributed by atoms with E-state index in [4.69, 9.17) is 14.2 Å². The average Bonchev–Trinajstić information content (AvgIpc) is 2.96. The van der Waals surface area contributed by atoms with E-state index in [2.05, 4.69) is 0 Å². The normalized spacial score (nSPS) is 36.9. The van der Waals surface area contributed by atoms with Crippen LogP contribution in [-0.4, -0.2) is 131 Å². The van der Waals surface area contributed by atoms with Gasteiger partial charge in [-0.2, -0.15) is 0 Å². The highest BCUT2D eigenvalue weighted by molar-refractivity contribution is 6.16. The number of hydrogen-bond acceptors (Lipinski definition) is 14. The molecule has 0 bridgehead atoms. The highest BCUT2D eigenvalue weighted by atomic mass is 16.7. The molecule has 2 fully saturated rings. The largest absolute Gasteiger partial charge is 0.507 e. The summed E-state index contributed by atoms with van der Waals surface area (Å²) in [7, 11) is 0. The van der Waals surface area contributed by atoms with Gasteiger partial charge in [-0.05, 0) is 28.8 Å². The monoisotopic (exact) mass is 580 g/mol. The lowest BCUT2D eigenvalue weighted by molar-refractivity contribution is -0.277. The van der Waals surface area contributed by atoms with Gasteiger partial charge in [0.25, 0.3) is 0 Å². The van der Waals surface area contributed by atoms with E-state index < -0.39 is 98.5 Å². The molecule has 0 unspecified atom stereocenters. The average molecular weight is 581 g/mol. The Kier molecular flexibility index (Phi) is 8.35. The lowest BCUT2D eigenvalue weighted by Gasteiger charge is -2.45. The number of hydrogen-bond donors (Lipinski definition) is 10. The highest BCUT2D eigenvalue weighted by Gasteiger charge is 2.51. The van der Waals surface area contributed by atoms with Gasteiger partial charge in [0, 0.05) is 5.92 Å². The molecule has 41 heavy (non-hydrogen) atoms. The second kappa shape index (κ2) is 11.5. The molecule has 2 aliphatic heterocycles. The number of ether oxygens (including phenoxy) is 3. The van der Waals surface area contributed by atoms with Gasteiger partial charge in [0.05, 0.1) is 37.1 Å². The number of rotatable bonds is 6. The fourth-order valence-electron chi connectivity index (χ4n) is 5.78. The van der Waals surface area contributed by atoms with Crippen molar-refractivity contribution < 1.29 is 70.1 Å². The molecule has 224 valence electrons. The van der Waals surface area contributed by atoms with Gasteiger partial charge in [-0.15, -0.1) is 0 Å². The zero-order chi connectivity index (χ0) is 29.7. The van der Waals surface area contributed by atoms with Crippen molar-refractivity contribution in [1.29, 1.82) is 0 Å². The summed E-state index contributed by atoms with van der Waals surface area (Å²) in [6.45, 7) is -1.94. The van der Waals surface area contributed by atoms with Crippen LogP contribution in [0.25, 0.3) is 0 Å². The first-order chi connectivity index (χ1) is 19.5. The predicted octanol–water partition coefficient (Wildman–Crippen LogP) is -3.42. The number of ketones is 1. The smallest absolute Gasteiger partial charge is 0.229 e. The molecular weight excluding hydrogens is 548 g/mol. The van der Waals surface area contributed by atoms with Crippen LogP contribution in [0.3, 0.4) is 0 Å². The fourth-order valence-corrected chi connectivity index (χ4v) is 5.78. The van der Waals surface area contributed by atoms with Gasteiger partial charge >= 0.3 is 0 Å². The Morgan fingerprint density at radius 2 is 1.37 bits per heavy atom. The number of aliphatic hydroxyl groups is 9. The highest BCUT2D eigenvalue weighted by Crippen LogP contribution is 2.48. The molecule has 2 heterocycles. The van der Waals surface area contributed by atoms with Gasteiger partial charge < -0.3 is 65.3 Å². The third kappa shape index (κ3) is 4.90. The minimum absolute atomic E-state index is 0.126. The summed E-state index contributed by atoms with van der Waals surface area (Å²) < 4.78 is 17.1. The van der Waals surface area contributed by atoms with E-state index in [-0.39, 0.29) is 33.6 Å². The molecule has 1 aliphatic carbocycles. The maximum atomic E-state index is 13.9. The summed E-state index contributed by atoms with van der Waals surface area (Å²) in [5.41, 5.74) is 0.123. The van der Waals surface area contributed by atoms with Crippen LogP contribution < -0.4 is 4.74 Å². The number of benzene rings is 2. The summed E-state index contributed by atoms with van der Waals surface area (Å²) in [5.74, 6) is -2.58. The van der Waals surface area contributed by atoms with Crippen LogP contribution in [0.5, 0.6) is 11.5 Å². The number of carbonyl (C=O) groups excluding carboxylic acids is 1. The van der Waals surface area contributed by atoms with Crippen molar-refractivity contribution in [3.05, 3.63) is 58.1 Å². The summed E-state index contributed by atoms with van der Waals surface area (Å²) >= 11 is 0. The maximum Gasteiger partial charge on any atom is 0.229 e. The SMILES string of the molecule is O=C1c2c(O)cc(CO)cc2[C@H]([C@@H]2O[C@H](CO)[C@@H](O)[C@H](O)[C@H]2O)c2cccc(O[C@@H]3O[C@H](CO)[C@@H](O)[C@H](O)[C@H]3O)c21. The Bertz CT molecular complexity index is 1280. The third-order valence-electron chi connectivity index (χ3n) is 7.92. The number of carbonyl (C=O) groups is 1. The second-order valence-electron chi connectivity index (χ2n) is 10.4. The Morgan fingerprint density at radius 3 is 2.00 bits per heavy atom. The van der Waals surface area contributed by atoms with E-state index in [0.29, 0.717) is 0 Å². The van der Waals surface area contributed by atoms with Crippen LogP contribution in [0.15, 0.2) is 30.3 Å². The van der Waals surface area contributed by atoms with Crippen LogP contribution in [0.2, 0.25) is 0 Å². The zero-order valence-electron chi connectivity index (χ0n) is 21.5. The Labute approximate surface area is 232 Å². The number of fused-ring (bicyclic) bond motifs is 2. The van der Waals surface area contributed by atoms with E-state index in [9.17, 15) is 55.9 Å². The van der Waals surface area contributed by atoms with Gasteiger partial charge in [0.15, 0.2) is 0 Å². The van der Waals surface area contributed by atoms with Crippen molar-refractivity contribution in [2.24, 2.45) is 0 Å². The lowest BCUT2D eigenvalue weighted by atomic mass is 9.71. The van der Waals surface area contributed by atoms with Crippen molar-refractivity contribution in [2.45, 2.75) is 73.8 Å². The summed E-state index contributed by atoms with van der Waals surface area (Å²) in [6.07, 6.45) is -16.0. The van der Waals surface area contributed by atoms with Crippen molar-refractivity contribution in [1.82, 2.24) is 0 Å². The van der Waals surface area contributed by atoms with E-state index in [1.165, 1.54) is 30.3 Å². The Hall–Kier alpha value is -2.73. The van der Waals surface area contributed by atoms with Gasteiger partial charge in [0.1, 0.15) is 60.3 Å². The molecule has 14 heteroatoms. The van der Waals surface area contributed by atoms with Crippen molar-refractivity contribution >= 4 is 5.78 Å². The van der Waals surface area contributed by atoms with Crippen LogP contribution in [0.4, 0.5) is 0 Å². The van der Waals surface area contributed by atoms with Crippen LogP contribution >= 0.6 is 0 Å². The molecule has 0 saturated carbocycles. The van der Waals surface area contributed by atoms with Crippen molar-refractivity contribution in [2.75, 3.05) is 13.2 Å². The zero-order valence-corrected chi connectivity index (χ0v) is 21.5. The number of aromatic hydroxyl groups is 1.